The van der Waals surface area contributed by atoms with Gasteiger partial charge in [0.1, 0.15) is 0 Å². The molecule has 27 heavy (non-hydrogen) atoms. The average molecular weight is 367 g/mol. The molecule has 0 bridgehead atoms. The molecule has 6 heteroatoms. The summed E-state index contributed by atoms with van der Waals surface area (Å²) in [6.45, 7) is 5.83. The molecule has 0 saturated heterocycles. The molecule has 2 rings (SSSR count). The first kappa shape index (κ1) is 20.2. The van der Waals surface area contributed by atoms with Gasteiger partial charge in [0.05, 0.1) is 6.54 Å². The van der Waals surface area contributed by atoms with Crippen molar-refractivity contribution in [2.45, 2.75) is 27.2 Å². The van der Waals surface area contributed by atoms with Gasteiger partial charge in [-0.1, -0.05) is 35.9 Å². The monoisotopic (exact) mass is 367 g/mol. The van der Waals surface area contributed by atoms with Crippen LogP contribution in [0.4, 0.5) is 5.69 Å². The van der Waals surface area contributed by atoms with Gasteiger partial charge in [0.25, 0.3) is 5.91 Å². The molecule has 0 spiro atoms. The zero-order valence-corrected chi connectivity index (χ0v) is 15.9. The summed E-state index contributed by atoms with van der Waals surface area (Å²) in [6, 6.07) is 13.0. The lowest BCUT2D eigenvalue weighted by Gasteiger charge is -2.12. The summed E-state index contributed by atoms with van der Waals surface area (Å²) in [5, 5.41) is 8.07. The van der Waals surface area contributed by atoms with E-state index in [1.807, 2.05) is 51.1 Å². The highest BCUT2D eigenvalue weighted by Gasteiger charge is 2.10. The molecule has 3 amide bonds. The van der Waals surface area contributed by atoms with E-state index in [1.54, 1.807) is 12.1 Å². The van der Waals surface area contributed by atoms with E-state index in [-0.39, 0.29) is 37.2 Å². The van der Waals surface area contributed by atoms with Crippen LogP contribution in [0, 0.1) is 20.8 Å². The molecule has 0 radical (unpaired) electrons. The summed E-state index contributed by atoms with van der Waals surface area (Å²) in [4.78, 5) is 35.9. The molecule has 0 heterocycles. The molecule has 142 valence electrons. The maximum atomic E-state index is 12.0. The van der Waals surface area contributed by atoms with Crippen LogP contribution in [0.1, 0.15) is 33.5 Å². The van der Waals surface area contributed by atoms with E-state index in [4.69, 9.17) is 0 Å². The van der Waals surface area contributed by atoms with E-state index in [1.165, 1.54) is 0 Å². The molecule has 0 unspecified atom stereocenters. The second kappa shape index (κ2) is 9.52. The minimum absolute atomic E-state index is 0.105. The minimum atomic E-state index is -0.295. The van der Waals surface area contributed by atoms with Gasteiger partial charge in [-0.2, -0.15) is 0 Å². The van der Waals surface area contributed by atoms with Crippen LogP contribution in [0.2, 0.25) is 0 Å². The van der Waals surface area contributed by atoms with Crippen LogP contribution in [-0.4, -0.2) is 30.8 Å². The third kappa shape index (κ3) is 6.26. The molecule has 3 N–H and O–H groups in total. The third-order valence-corrected chi connectivity index (χ3v) is 4.11. The molecule has 0 aliphatic rings. The Hall–Kier alpha value is -3.15. The van der Waals surface area contributed by atoms with Gasteiger partial charge in [0.15, 0.2) is 0 Å². The summed E-state index contributed by atoms with van der Waals surface area (Å²) < 4.78 is 0. The summed E-state index contributed by atoms with van der Waals surface area (Å²) in [5.74, 6) is -0.806. The molecule has 0 aliphatic heterocycles. The van der Waals surface area contributed by atoms with E-state index >= 15 is 0 Å². The number of hydrogen-bond donors (Lipinski definition) is 3. The molecule has 0 aromatic heterocycles. The minimum Gasteiger partial charge on any atom is -0.352 e. The number of carbonyl (C=O) groups excluding carboxylic acids is 3. The van der Waals surface area contributed by atoms with E-state index in [0.29, 0.717) is 5.56 Å². The Morgan fingerprint density at radius 1 is 0.852 bits per heavy atom. The number of para-hydroxylation sites is 1. The highest BCUT2D eigenvalue weighted by molar-refractivity contribution is 5.96. The Labute approximate surface area is 159 Å². The first-order chi connectivity index (χ1) is 12.9. The normalized spacial score (nSPS) is 10.2. The second-order valence-electron chi connectivity index (χ2n) is 6.47. The van der Waals surface area contributed by atoms with Crippen molar-refractivity contribution in [2.24, 2.45) is 0 Å². The van der Waals surface area contributed by atoms with Crippen molar-refractivity contribution in [2.75, 3.05) is 18.4 Å². The Morgan fingerprint density at radius 2 is 1.52 bits per heavy atom. The fourth-order valence-electron chi connectivity index (χ4n) is 2.64. The van der Waals surface area contributed by atoms with Crippen LogP contribution in [0.5, 0.6) is 0 Å². The predicted octanol–water partition coefficient (Wildman–Crippen LogP) is 2.49. The molecule has 2 aromatic rings. The highest BCUT2D eigenvalue weighted by atomic mass is 16.2. The first-order valence-electron chi connectivity index (χ1n) is 8.84. The maximum absolute atomic E-state index is 12.0. The number of amides is 3. The van der Waals surface area contributed by atoms with E-state index in [9.17, 15) is 14.4 Å². The standard InChI is InChI=1S/C21H25N3O3/c1-14-6-4-9-17(12-14)21(27)22-11-10-18(25)23-13-19(26)24-20-15(2)7-5-8-16(20)3/h4-9,12H,10-11,13H2,1-3H3,(H,22,27)(H,23,25)(H,24,26). The lowest BCUT2D eigenvalue weighted by Crippen LogP contribution is -2.35. The highest BCUT2D eigenvalue weighted by Crippen LogP contribution is 2.18. The number of carbonyl (C=O) groups is 3. The molecule has 0 atom stereocenters. The average Bonchev–Trinajstić information content (AvgIpc) is 2.63. The Kier molecular flexibility index (Phi) is 7.11. The number of hydrogen-bond acceptors (Lipinski definition) is 3. The lowest BCUT2D eigenvalue weighted by molar-refractivity contribution is -0.124. The number of nitrogens with one attached hydrogen (secondary N) is 3. The van der Waals surface area contributed by atoms with Gasteiger partial charge < -0.3 is 16.0 Å². The summed E-state index contributed by atoms with van der Waals surface area (Å²) >= 11 is 0. The lowest BCUT2D eigenvalue weighted by atomic mass is 10.1. The van der Waals surface area contributed by atoms with Crippen LogP contribution >= 0.6 is 0 Å². The van der Waals surface area contributed by atoms with Gasteiger partial charge in [0.2, 0.25) is 11.8 Å². The van der Waals surface area contributed by atoms with Crippen LogP contribution in [-0.2, 0) is 9.59 Å². The number of benzene rings is 2. The molecular weight excluding hydrogens is 342 g/mol. The van der Waals surface area contributed by atoms with Gasteiger partial charge in [-0.25, -0.2) is 0 Å². The van der Waals surface area contributed by atoms with Crippen molar-refractivity contribution in [1.29, 1.82) is 0 Å². The van der Waals surface area contributed by atoms with Crippen molar-refractivity contribution < 1.29 is 14.4 Å². The zero-order chi connectivity index (χ0) is 19.8. The largest absolute Gasteiger partial charge is 0.352 e. The molecule has 0 aliphatic carbocycles. The third-order valence-electron chi connectivity index (χ3n) is 4.11. The Morgan fingerprint density at radius 3 is 2.19 bits per heavy atom. The van der Waals surface area contributed by atoms with Crippen molar-refractivity contribution in [3.05, 3.63) is 64.7 Å². The van der Waals surface area contributed by atoms with Gasteiger partial charge in [-0.05, 0) is 44.0 Å². The summed E-state index contributed by atoms with van der Waals surface area (Å²) in [6.07, 6.45) is 0.105. The number of aryl methyl sites for hydroxylation is 3. The number of rotatable bonds is 7. The summed E-state index contributed by atoms with van der Waals surface area (Å²) in [5.41, 5.74) is 4.25. The zero-order valence-electron chi connectivity index (χ0n) is 15.9. The van der Waals surface area contributed by atoms with Gasteiger partial charge in [-0.3, -0.25) is 14.4 Å². The van der Waals surface area contributed by atoms with Crippen molar-refractivity contribution in [3.63, 3.8) is 0 Å². The molecule has 0 fully saturated rings. The van der Waals surface area contributed by atoms with Crippen molar-refractivity contribution in [1.82, 2.24) is 10.6 Å². The Balaban J connectivity index is 1.71. The first-order valence-corrected chi connectivity index (χ1v) is 8.84. The van der Waals surface area contributed by atoms with Crippen LogP contribution in [0.25, 0.3) is 0 Å². The molecular formula is C21H25N3O3. The van der Waals surface area contributed by atoms with Gasteiger partial charge in [-0.15, -0.1) is 0 Å². The van der Waals surface area contributed by atoms with Crippen LogP contribution < -0.4 is 16.0 Å². The van der Waals surface area contributed by atoms with Gasteiger partial charge in [0, 0.05) is 24.2 Å². The maximum Gasteiger partial charge on any atom is 0.251 e. The van der Waals surface area contributed by atoms with E-state index in [0.717, 1.165) is 22.4 Å². The second-order valence-corrected chi connectivity index (χ2v) is 6.47. The smallest absolute Gasteiger partial charge is 0.251 e. The van der Waals surface area contributed by atoms with Crippen molar-refractivity contribution >= 4 is 23.4 Å². The van der Waals surface area contributed by atoms with Gasteiger partial charge >= 0.3 is 0 Å². The predicted molar refractivity (Wildman–Crippen MR) is 106 cm³/mol. The van der Waals surface area contributed by atoms with E-state index in [2.05, 4.69) is 16.0 Å². The molecule has 0 saturated carbocycles. The molecule has 6 nitrogen and oxygen atoms in total. The topological polar surface area (TPSA) is 87.3 Å². The summed E-state index contributed by atoms with van der Waals surface area (Å²) in [7, 11) is 0. The van der Waals surface area contributed by atoms with E-state index < -0.39 is 0 Å². The quantitative estimate of drug-likeness (QED) is 0.703. The fraction of sp³-hybridized carbons (Fsp3) is 0.286. The van der Waals surface area contributed by atoms with Crippen LogP contribution in [0.3, 0.4) is 0 Å². The number of anilines is 1. The van der Waals surface area contributed by atoms with Crippen LogP contribution in [0.15, 0.2) is 42.5 Å². The fourth-order valence-corrected chi connectivity index (χ4v) is 2.64. The molecule has 2 aromatic carbocycles. The van der Waals surface area contributed by atoms with Crippen molar-refractivity contribution in [3.8, 4) is 0 Å². The SMILES string of the molecule is Cc1cccc(C(=O)NCCC(=O)NCC(=O)Nc2c(C)cccc2C)c1. The Bertz CT molecular complexity index is 826.